The first-order valence-corrected chi connectivity index (χ1v) is 11.8. The van der Waals surface area contributed by atoms with Crippen LogP contribution < -0.4 is 10.6 Å². The van der Waals surface area contributed by atoms with Crippen LogP contribution in [0.5, 0.6) is 0 Å². The number of hydrogen-bond acceptors (Lipinski definition) is 6. The Labute approximate surface area is 201 Å². The van der Waals surface area contributed by atoms with Crippen molar-refractivity contribution in [2.45, 2.75) is 24.7 Å². The smallest absolute Gasteiger partial charge is 0.338 e. The van der Waals surface area contributed by atoms with Crippen LogP contribution in [0.25, 0.3) is 0 Å². The lowest BCUT2D eigenvalue weighted by atomic mass is 9.82. The van der Waals surface area contributed by atoms with Crippen molar-refractivity contribution < 1.29 is 29.0 Å². The van der Waals surface area contributed by atoms with E-state index in [1.165, 1.54) is 11.8 Å². The fourth-order valence-electron chi connectivity index (χ4n) is 3.53. The molecule has 3 N–H and O–H groups in total. The summed E-state index contributed by atoms with van der Waals surface area (Å²) in [5, 5.41) is 15.0. The SMILES string of the molecule is CCOC(=O)c1ccc(NC(=O)CSc2cccc(NC(=O)C3CC=CCC3C(=O)O)c2)cc1. The maximum absolute atomic E-state index is 12.7. The largest absolute Gasteiger partial charge is 0.481 e. The van der Waals surface area contributed by atoms with Gasteiger partial charge in [0.25, 0.3) is 0 Å². The summed E-state index contributed by atoms with van der Waals surface area (Å²) >= 11 is 1.30. The van der Waals surface area contributed by atoms with E-state index in [-0.39, 0.29) is 17.6 Å². The van der Waals surface area contributed by atoms with Crippen molar-refractivity contribution in [2.24, 2.45) is 11.8 Å². The summed E-state index contributed by atoms with van der Waals surface area (Å²) < 4.78 is 4.94. The van der Waals surface area contributed by atoms with E-state index in [0.29, 0.717) is 36.4 Å². The molecule has 2 atom stereocenters. The molecule has 2 unspecified atom stereocenters. The molecule has 3 rings (SSSR count). The number of nitrogens with one attached hydrogen (secondary N) is 2. The molecule has 0 bridgehead atoms. The van der Waals surface area contributed by atoms with Gasteiger partial charge in [-0.1, -0.05) is 18.2 Å². The van der Waals surface area contributed by atoms with Crippen molar-refractivity contribution in [3.05, 3.63) is 66.2 Å². The van der Waals surface area contributed by atoms with Gasteiger partial charge in [-0.3, -0.25) is 14.4 Å². The standard InChI is InChI=1S/C25H26N2O6S/c1-2-33-25(32)16-10-12-17(13-11-16)26-22(28)15-34-19-7-5-6-18(14-19)27-23(29)20-8-3-4-9-21(20)24(30)31/h3-7,10-14,20-21H,2,8-9,15H2,1H3,(H,26,28)(H,27,29)(H,30,31). The Morgan fingerprint density at radius 2 is 1.68 bits per heavy atom. The first kappa shape index (κ1) is 25.0. The first-order chi connectivity index (χ1) is 16.4. The summed E-state index contributed by atoms with van der Waals surface area (Å²) in [6.07, 6.45) is 4.35. The second-order valence-corrected chi connectivity index (χ2v) is 8.69. The molecular formula is C25H26N2O6S. The predicted molar refractivity (Wildman–Crippen MR) is 130 cm³/mol. The number of benzene rings is 2. The quantitative estimate of drug-likeness (QED) is 0.278. The van der Waals surface area contributed by atoms with Gasteiger partial charge in [0.15, 0.2) is 0 Å². The van der Waals surface area contributed by atoms with Crippen LogP contribution in [0.2, 0.25) is 0 Å². The molecule has 8 nitrogen and oxygen atoms in total. The lowest BCUT2D eigenvalue weighted by molar-refractivity contribution is -0.146. The minimum atomic E-state index is -0.977. The van der Waals surface area contributed by atoms with E-state index in [0.717, 1.165) is 4.90 Å². The van der Waals surface area contributed by atoms with Gasteiger partial charge < -0.3 is 20.5 Å². The number of ether oxygens (including phenoxy) is 1. The van der Waals surface area contributed by atoms with Gasteiger partial charge in [0, 0.05) is 16.3 Å². The van der Waals surface area contributed by atoms with Crippen molar-refractivity contribution in [1.82, 2.24) is 0 Å². The molecule has 2 aromatic carbocycles. The highest BCUT2D eigenvalue weighted by atomic mass is 32.2. The highest BCUT2D eigenvalue weighted by Gasteiger charge is 2.33. The van der Waals surface area contributed by atoms with E-state index in [9.17, 15) is 24.3 Å². The number of carboxylic acids is 1. The third-order valence-electron chi connectivity index (χ3n) is 5.24. The number of carbonyl (C=O) groups excluding carboxylic acids is 3. The second kappa shape index (κ2) is 12.0. The Kier molecular flexibility index (Phi) is 8.86. The zero-order valence-electron chi connectivity index (χ0n) is 18.7. The Bertz CT molecular complexity index is 1080. The third kappa shape index (κ3) is 6.95. The van der Waals surface area contributed by atoms with E-state index >= 15 is 0 Å². The molecule has 2 aromatic rings. The molecule has 1 aliphatic carbocycles. The monoisotopic (exact) mass is 482 g/mol. The highest BCUT2D eigenvalue weighted by Crippen LogP contribution is 2.28. The molecule has 0 saturated heterocycles. The molecule has 34 heavy (non-hydrogen) atoms. The number of allylic oxidation sites excluding steroid dienone is 2. The summed E-state index contributed by atoms with van der Waals surface area (Å²) in [6.45, 7) is 2.02. The van der Waals surface area contributed by atoms with Crippen LogP contribution in [0.3, 0.4) is 0 Å². The van der Waals surface area contributed by atoms with E-state index in [2.05, 4.69) is 10.6 Å². The molecule has 0 spiro atoms. The Morgan fingerprint density at radius 1 is 0.971 bits per heavy atom. The van der Waals surface area contributed by atoms with Gasteiger partial charge in [0.1, 0.15) is 0 Å². The number of hydrogen-bond donors (Lipinski definition) is 3. The number of aliphatic carboxylic acids is 1. The fraction of sp³-hybridized carbons (Fsp3) is 0.280. The maximum Gasteiger partial charge on any atom is 0.338 e. The van der Waals surface area contributed by atoms with Gasteiger partial charge >= 0.3 is 11.9 Å². The topological polar surface area (TPSA) is 122 Å². The fourth-order valence-corrected chi connectivity index (χ4v) is 4.28. The molecule has 0 fully saturated rings. The van der Waals surface area contributed by atoms with Gasteiger partial charge in [0.05, 0.1) is 29.8 Å². The first-order valence-electron chi connectivity index (χ1n) is 10.9. The minimum absolute atomic E-state index is 0.144. The van der Waals surface area contributed by atoms with E-state index in [4.69, 9.17) is 4.74 Å². The molecule has 0 radical (unpaired) electrons. The van der Waals surface area contributed by atoms with Crippen LogP contribution in [0.4, 0.5) is 11.4 Å². The lowest BCUT2D eigenvalue weighted by Crippen LogP contribution is -2.34. The summed E-state index contributed by atoms with van der Waals surface area (Å²) in [5.41, 5.74) is 1.52. The molecule has 0 aliphatic heterocycles. The van der Waals surface area contributed by atoms with Crippen LogP contribution in [0.15, 0.2) is 65.6 Å². The second-order valence-electron chi connectivity index (χ2n) is 7.65. The van der Waals surface area contributed by atoms with Crippen LogP contribution in [-0.2, 0) is 19.1 Å². The van der Waals surface area contributed by atoms with E-state index in [1.807, 2.05) is 12.1 Å². The van der Waals surface area contributed by atoms with Crippen molar-refractivity contribution in [1.29, 1.82) is 0 Å². The number of thioether (sulfide) groups is 1. The summed E-state index contributed by atoms with van der Waals surface area (Å²) in [6, 6.07) is 13.5. The number of anilines is 2. The molecule has 2 amide bonds. The van der Waals surface area contributed by atoms with Crippen LogP contribution in [-0.4, -0.2) is 41.2 Å². The normalized spacial score (nSPS) is 17.0. The molecule has 0 heterocycles. The summed E-state index contributed by atoms with van der Waals surface area (Å²) in [5.74, 6) is -3.16. The van der Waals surface area contributed by atoms with E-state index in [1.54, 1.807) is 55.5 Å². The maximum atomic E-state index is 12.7. The Hall–Kier alpha value is -3.59. The van der Waals surface area contributed by atoms with E-state index < -0.39 is 23.8 Å². The van der Waals surface area contributed by atoms with Crippen LogP contribution in [0.1, 0.15) is 30.1 Å². The Morgan fingerprint density at radius 3 is 2.35 bits per heavy atom. The molecule has 0 saturated carbocycles. The average molecular weight is 483 g/mol. The molecule has 1 aliphatic rings. The molecule has 178 valence electrons. The third-order valence-corrected chi connectivity index (χ3v) is 6.23. The summed E-state index contributed by atoms with van der Waals surface area (Å²) in [4.78, 5) is 48.9. The van der Waals surface area contributed by atoms with Gasteiger partial charge in [-0.05, 0) is 62.2 Å². The van der Waals surface area contributed by atoms with Crippen molar-refractivity contribution in [3.8, 4) is 0 Å². The van der Waals surface area contributed by atoms with Gasteiger partial charge in [0.2, 0.25) is 11.8 Å². The van der Waals surface area contributed by atoms with Crippen molar-refractivity contribution >= 4 is 46.9 Å². The number of esters is 1. The van der Waals surface area contributed by atoms with Crippen LogP contribution in [0, 0.1) is 11.8 Å². The van der Waals surface area contributed by atoms with Crippen molar-refractivity contribution in [3.63, 3.8) is 0 Å². The average Bonchev–Trinajstić information content (AvgIpc) is 2.83. The number of amides is 2. The molecular weight excluding hydrogens is 456 g/mol. The minimum Gasteiger partial charge on any atom is -0.481 e. The van der Waals surface area contributed by atoms with Crippen molar-refractivity contribution in [2.75, 3.05) is 23.0 Å². The molecule has 9 heteroatoms. The van der Waals surface area contributed by atoms with Crippen LogP contribution >= 0.6 is 11.8 Å². The highest BCUT2D eigenvalue weighted by molar-refractivity contribution is 8.00. The zero-order valence-corrected chi connectivity index (χ0v) is 19.5. The Balaban J connectivity index is 1.52. The zero-order chi connectivity index (χ0) is 24.5. The van der Waals surface area contributed by atoms with Gasteiger partial charge in [-0.2, -0.15) is 0 Å². The lowest BCUT2D eigenvalue weighted by Gasteiger charge is -2.24. The number of carboxylic acid groups (broad SMARTS) is 1. The van der Waals surface area contributed by atoms with Gasteiger partial charge in [-0.15, -0.1) is 11.8 Å². The predicted octanol–water partition coefficient (Wildman–Crippen LogP) is 4.20. The number of carbonyl (C=O) groups is 4. The number of rotatable bonds is 9. The van der Waals surface area contributed by atoms with Gasteiger partial charge in [-0.25, -0.2) is 4.79 Å². The molecule has 0 aromatic heterocycles. The summed E-state index contributed by atoms with van der Waals surface area (Å²) in [7, 11) is 0.